The van der Waals surface area contributed by atoms with E-state index in [9.17, 15) is 4.79 Å². The minimum Gasteiger partial charge on any atom is -0.465 e. The van der Waals surface area contributed by atoms with Crippen LogP contribution >= 0.6 is 0 Å². The Bertz CT molecular complexity index is 350. The van der Waals surface area contributed by atoms with Crippen molar-refractivity contribution in [3.63, 3.8) is 0 Å². The fourth-order valence-corrected chi connectivity index (χ4v) is 2.21. The van der Waals surface area contributed by atoms with E-state index >= 15 is 0 Å². The first kappa shape index (κ1) is 8.24. The standard InChI is InChI=1S/C11H12O3/c1-6-2-9-7(4-14-11(9)12)3-8(6)10-5-13-10/h2-3,7,9-10H,4-5H2,1H3. The van der Waals surface area contributed by atoms with Gasteiger partial charge in [-0.05, 0) is 18.1 Å². The number of esters is 1. The average molecular weight is 192 g/mol. The quantitative estimate of drug-likeness (QED) is 0.460. The number of rotatable bonds is 1. The number of fused-ring (bicyclic) bond motifs is 1. The summed E-state index contributed by atoms with van der Waals surface area (Å²) in [6.07, 6.45) is 4.46. The molecule has 0 aromatic carbocycles. The van der Waals surface area contributed by atoms with E-state index in [4.69, 9.17) is 9.47 Å². The van der Waals surface area contributed by atoms with Crippen molar-refractivity contribution in [1.82, 2.24) is 0 Å². The van der Waals surface area contributed by atoms with Gasteiger partial charge in [0.2, 0.25) is 0 Å². The summed E-state index contributed by atoms with van der Waals surface area (Å²) in [7, 11) is 0. The molecule has 0 radical (unpaired) electrons. The number of ether oxygens (including phenoxy) is 2. The molecule has 0 bridgehead atoms. The monoisotopic (exact) mass is 192 g/mol. The van der Waals surface area contributed by atoms with E-state index in [-0.39, 0.29) is 23.9 Å². The fraction of sp³-hybridized carbons (Fsp3) is 0.545. The Hall–Kier alpha value is -1.09. The third-order valence-electron chi connectivity index (χ3n) is 3.11. The van der Waals surface area contributed by atoms with Gasteiger partial charge in [-0.15, -0.1) is 0 Å². The molecule has 14 heavy (non-hydrogen) atoms. The second-order valence-corrected chi connectivity index (χ2v) is 4.11. The van der Waals surface area contributed by atoms with Gasteiger partial charge in [0.25, 0.3) is 0 Å². The molecular formula is C11H12O3. The predicted molar refractivity (Wildman–Crippen MR) is 49.5 cm³/mol. The van der Waals surface area contributed by atoms with Gasteiger partial charge in [-0.1, -0.05) is 12.2 Å². The Morgan fingerprint density at radius 1 is 1.36 bits per heavy atom. The Morgan fingerprint density at radius 2 is 2.14 bits per heavy atom. The SMILES string of the molecule is CC1=CC2C(=O)OCC2C=C1C1CO1. The molecule has 3 unspecified atom stereocenters. The van der Waals surface area contributed by atoms with Crippen LogP contribution in [0, 0.1) is 11.8 Å². The van der Waals surface area contributed by atoms with E-state index in [2.05, 4.69) is 6.08 Å². The summed E-state index contributed by atoms with van der Waals surface area (Å²) in [5.41, 5.74) is 2.43. The molecule has 3 heteroatoms. The lowest BCUT2D eigenvalue weighted by atomic mass is 9.83. The van der Waals surface area contributed by atoms with Crippen LogP contribution in [0.3, 0.4) is 0 Å². The second-order valence-electron chi connectivity index (χ2n) is 4.11. The topological polar surface area (TPSA) is 38.8 Å². The molecule has 0 aromatic heterocycles. The zero-order chi connectivity index (χ0) is 9.71. The molecular weight excluding hydrogens is 180 g/mol. The largest absolute Gasteiger partial charge is 0.465 e. The van der Waals surface area contributed by atoms with Crippen molar-refractivity contribution >= 4 is 5.97 Å². The van der Waals surface area contributed by atoms with Crippen LogP contribution in [0.5, 0.6) is 0 Å². The highest BCUT2D eigenvalue weighted by molar-refractivity contribution is 5.78. The number of hydrogen-bond donors (Lipinski definition) is 0. The molecule has 3 nitrogen and oxygen atoms in total. The Kier molecular flexibility index (Phi) is 1.59. The van der Waals surface area contributed by atoms with Crippen molar-refractivity contribution in [2.45, 2.75) is 13.0 Å². The summed E-state index contributed by atoms with van der Waals surface area (Å²) in [4.78, 5) is 11.3. The Balaban J connectivity index is 1.93. The van der Waals surface area contributed by atoms with Crippen LogP contribution in [0.1, 0.15) is 6.92 Å². The van der Waals surface area contributed by atoms with Gasteiger partial charge in [0.15, 0.2) is 0 Å². The minimum absolute atomic E-state index is 0.0440. The van der Waals surface area contributed by atoms with Crippen molar-refractivity contribution < 1.29 is 14.3 Å². The van der Waals surface area contributed by atoms with Gasteiger partial charge in [0.1, 0.15) is 6.10 Å². The minimum atomic E-state index is -0.0821. The molecule has 2 aliphatic heterocycles. The summed E-state index contributed by atoms with van der Waals surface area (Å²) < 4.78 is 10.3. The maximum absolute atomic E-state index is 11.3. The summed E-state index contributed by atoms with van der Waals surface area (Å²) in [5.74, 6) is 0.115. The van der Waals surface area contributed by atoms with Crippen LogP contribution < -0.4 is 0 Å². The Labute approximate surface area is 82.4 Å². The molecule has 3 aliphatic rings. The third-order valence-corrected chi connectivity index (χ3v) is 3.11. The van der Waals surface area contributed by atoms with Crippen molar-refractivity contribution in [2.24, 2.45) is 11.8 Å². The van der Waals surface area contributed by atoms with Gasteiger partial charge in [-0.25, -0.2) is 0 Å². The average Bonchev–Trinajstić information content (AvgIpc) is 2.94. The highest BCUT2D eigenvalue weighted by Gasteiger charge is 2.39. The van der Waals surface area contributed by atoms with E-state index in [1.165, 1.54) is 11.1 Å². The molecule has 3 rings (SSSR count). The maximum Gasteiger partial charge on any atom is 0.313 e. The van der Waals surface area contributed by atoms with Crippen LogP contribution in [-0.2, 0) is 14.3 Å². The molecule has 2 fully saturated rings. The normalized spacial score (nSPS) is 39.8. The lowest BCUT2D eigenvalue weighted by molar-refractivity contribution is -0.140. The molecule has 0 amide bonds. The zero-order valence-corrected chi connectivity index (χ0v) is 8.03. The predicted octanol–water partition coefficient (Wildman–Crippen LogP) is 1.06. The van der Waals surface area contributed by atoms with Crippen molar-refractivity contribution in [3.05, 3.63) is 23.3 Å². The van der Waals surface area contributed by atoms with Crippen molar-refractivity contribution in [2.75, 3.05) is 13.2 Å². The smallest absolute Gasteiger partial charge is 0.313 e. The molecule has 2 heterocycles. The van der Waals surface area contributed by atoms with Crippen LogP contribution in [0.2, 0.25) is 0 Å². The molecule has 0 N–H and O–H groups in total. The molecule has 3 atom stereocenters. The Morgan fingerprint density at radius 3 is 2.86 bits per heavy atom. The van der Waals surface area contributed by atoms with Gasteiger partial charge < -0.3 is 9.47 Å². The van der Waals surface area contributed by atoms with E-state index in [1.54, 1.807) is 0 Å². The number of epoxide rings is 1. The highest BCUT2D eigenvalue weighted by atomic mass is 16.6. The van der Waals surface area contributed by atoms with E-state index in [0.29, 0.717) is 6.61 Å². The summed E-state index contributed by atoms with van der Waals surface area (Å²) >= 11 is 0. The first-order chi connectivity index (χ1) is 6.75. The molecule has 0 aromatic rings. The molecule has 2 saturated heterocycles. The summed E-state index contributed by atoms with van der Waals surface area (Å²) in [6.45, 7) is 3.39. The van der Waals surface area contributed by atoms with Crippen LogP contribution in [-0.4, -0.2) is 25.3 Å². The third kappa shape index (κ3) is 1.12. The van der Waals surface area contributed by atoms with Crippen LogP contribution in [0.25, 0.3) is 0 Å². The van der Waals surface area contributed by atoms with E-state index < -0.39 is 0 Å². The first-order valence-electron chi connectivity index (χ1n) is 4.94. The zero-order valence-electron chi connectivity index (χ0n) is 8.03. The number of cyclic esters (lactones) is 1. The van der Waals surface area contributed by atoms with Gasteiger partial charge >= 0.3 is 5.97 Å². The van der Waals surface area contributed by atoms with Crippen molar-refractivity contribution in [3.8, 4) is 0 Å². The number of carbonyl (C=O) groups excluding carboxylic acids is 1. The summed E-state index contributed by atoms with van der Waals surface area (Å²) in [6, 6.07) is 0. The van der Waals surface area contributed by atoms with Gasteiger partial charge in [0, 0.05) is 5.92 Å². The van der Waals surface area contributed by atoms with Gasteiger partial charge in [-0.2, -0.15) is 0 Å². The molecule has 1 aliphatic carbocycles. The molecule has 0 spiro atoms. The van der Waals surface area contributed by atoms with Gasteiger partial charge in [0.05, 0.1) is 19.1 Å². The maximum atomic E-state index is 11.3. The number of carbonyl (C=O) groups is 1. The number of hydrogen-bond acceptors (Lipinski definition) is 3. The van der Waals surface area contributed by atoms with E-state index in [0.717, 1.165) is 6.61 Å². The van der Waals surface area contributed by atoms with Crippen LogP contribution in [0.4, 0.5) is 0 Å². The lowest BCUT2D eigenvalue weighted by Gasteiger charge is -2.17. The second kappa shape index (κ2) is 2.70. The summed E-state index contributed by atoms with van der Waals surface area (Å²) in [5, 5.41) is 0. The van der Waals surface area contributed by atoms with Gasteiger partial charge in [-0.3, -0.25) is 4.79 Å². The molecule has 74 valence electrons. The fourth-order valence-electron chi connectivity index (χ4n) is 2.21. The van der Waals surface area contributed by atoms with Crippen LogP contribution in [0.15, 0.2) is 23.3 Å². The highest BCUT2D eigenvalue weighted by Crippen LogP contribution is 2.37. The van der Waals surface area contributed by atoms with E-state index in [1.807, 2.05) is 13.0 Å². The van der Waals surface area contributed by atoms with Crippen molar-refractivity contribution in [1.29, 1.82) is 0 Å². The lowest BCUT2D eigenvalue weighted by Crippen LogP contribution is -2.17. The molecule has 0 saturated carbocycles. The first-order valence-corrected chi connectivity index (χ1v) is 4.94.